The molecule has 0 aromatic heterocycles. The Hall–Kier alpha value is -2.94. The summed E-state index contributed by atoms with van der Waals surface area (Å²) < 4.78 is 21.7. The van der Waals surface area contributed by atoms with Crippen molar-refractivity contribution in [2.24, 2.45) is 0 Å². The number of carbonyl (C=O) groups is 2. The average molecular weight is 425 g/mol. The Bertz CT molecular complexity index is 963. The first-order chi connectivity index (χ1) is 15.1. The van der Waals surface area contributed by atoms with E-state index in [2.05, 4.69) is 12.1 Å². The highest BCUT2D eigenvalue weighted by molar-refractivity contribution is 5.79. The van der Waals surface area contributed by atoms with Crippen LogP contribution in [0.1, 0.15) is 17.0 Å². The van der Waals surface area contributed by atoms with Crippen molar-refractivity contribution in [2.45, 2.75) is 30.5 Å². The van der Waals surface area contributed by atoms with Crippen LogP contribution in [0.2, 0.25) is 0 Å². The van der Waals surface area contributed by atoms with Crippen LogP contribution in [-0.2, 0) is 23.7 Å². The lowest BCUT2D eigenvalue weighted by Gasteiger charge is -2.37. The fraction of sp³-hybridized carbons (Fsp3) is 0.391. The number of methoxy groups -OCH3 is 1. The van der Waals surface area contributed by atoms with Crippen LogP contribution in [0, 0.1) is 0 Å². The van der Waals surface area contributed by atoms with Gasteiger partial charge in [0.2, 0.25) is 0 Å². The molecule has 8 nitrogen and oxygen atoms in total. The smallest absolute Gasteiger partial charge is 0.410 e. The lowest BCUT2D eigenvalue weighted by Crippen LogP contribution is -2.56. The van der Waals surface area contributed by atoms with Crippen molar-refractivity contribution in [2.75, 3.05) is 26.9 Å². The van der Waals surface area contributed by atoms with Crippen LogP contribution in [0.25, 0.3) is 11.1 Å². The lowest BCUT2D eigenvalue weighted by atomic mass is 9.98. The van der Waals surface area contributed by atoms with Crippen molar-refractivity contribution in [1.82, 2.24) is 4.90 Å². The molecule has 2 saturated heterocycles. The summed E-state index contributed by atoms with van der Waals surface area (Å²) in [6.07, 6.45) is -3.09. The van der Waals surface area contributed by atoms with Crippen molar-refractivity contribution in [3.8, 4) is 11.1 Å². The molecule has 2 aromatic carbocycles. The van der Waals surface area contributed by atoms with E-state index < -0.39 is 36.6 Å². The first kappa shape index (κ1) is 20.0. The Labute approximate surface area is 179 Å². The first-order valence-corrected chi connectivity index (χ1v) is 10.2. The maximum Gasteiger partial charge on any atom is 0.410 e. The molecule has 0 unspecified atom stereocenters. The molecule has 0 spiro atoms. The highest BCUT2D eigenvalue weighted by Gasteiger charge is 2.52. The number of carbonyl (C=O) groups excluding carboxylic acids is 2. The number of rotatable bonds is 4. The highest BCUT2D eigenvalue weighted by Crippen LogP contribution is 2.44. The van der Waals surface area contributed by atoms with Gasteiger partial charge in [-0.05, 0) is 22.3 Å². The zero-order chi connectivity index (χ0) is 21.5. The molecule has 0 saturated carbocycles. The summed E-state index contributed by atoms with van der Waals surface area (Å²) in [7, 11) is 1.26. The third-order valence-corrected chi connectivity index (χ3v) is 6.21. The number of benzene rings is 2. The number of ether oxygens (including phenoxy) is 4. The summed E-state index contributed by atoms with van der Waals surface area (Å²) >= 11 is 0. The summed E-state index contributed by atoms with van der Waals surface area (Å²) in [6.45, 7) is -0.146. The molecular weight excluding hydrogens is 402 g/mol. The van der Waals surface area contributed by atoms with E-state index in [9.17, 15) is 14.7 Å². The number of aliphatic hydroxyl groups is 1. The van der Waals surface area contributed by atoms with Gasteiger partial charge in [-0.3, -0.25) is 4.90 Å². The van der Waals surface area contributed by atoms with Gasteiger partial charge >= 0.3 is 12.1 Å². The van der Waals surface area contributed by atoms with Crippen LogP contribution < -0.4 is 0 Å². The molecule has 2 fully saturated rings. The topological polar surface area (TPSA) is 94.5 Å². The number of amides is 1. The van der Waals surface area contributed by atoms with Gasteiger partial charge < -0.3 is 24.1 Å². The van der Waals surface area contributed by atoms with Crippen molar-refractivity contribution in [3.63, 3.8) is 0 Å². The molecule has 4 atom stereocenters. The van der Waals surface area contributed by atoms with Gasteiger partial charge in [-0.15, -0.1) is 0 Å². The second kappa shape index (κ2) is 7.96. The molecule has 5 rings (SSSR count). The molecule has 2 heterocycles. The summed E-state index contributed by atoms with van der Waals surface area (Å²) in [4.78, 5) is 26.3. The fourth-order valence-corrected chi connectivity index (χ4v) is 4.70. The van der Waals surface area contributed by atoms with Gasteiger partial charge in [0.25, 0.3) is 0 Å². The quantitative estimate of drug-likeness (QED) is 0.748. The normalized spacial score (nSPS) is 26.3. The minimum Gasteiger partial charge on any atom is -0.467 e. The van der Waals surface area contributed by atoms with E-state index >= 15 is 0 Å². The number of hydrogen-bond acceptors (Lipinski definition) is 7. The Morgan fingerprint density at radius 2 is 1.71 bits per heavy atom. The minimum absolute atomic E-state index is 0.0676. The highest BCUT2D eigenvalue weighted by atomic mass is 16.7. The zero-order valence-corrected chi connectivity index (χ0v) is 17.0. The number of morpholine rings is 1. The van der Waals surface area contributed by atoms with E-state index in [4.69, 9.17) is 18.9 Å². The SMILES string of the molecule is COC(=O)[C@@H]1O[C@@H]2O[C@H]1CN(C(=O)OCC1c3ccccc3-c3ccccc31)[C@H]2CO. The number of nitrogens with zero attached hydrogens (tertiary/aromatic N) is 1. The van der Waals surface area contributed by atoms with Crippen molar-refractivity contribution in [3.05, 3.63) is 59.7 Å². The Balaban J connectivity index is 1.32. The molecule has 8 heteroatoms. The molecule has 1 N–H and O–H groups in total. The lowest BCUT2D eigenvalue weighted by molar-refractivity contribution is -0.161. The molecule has 2 aromatic rings. The second-order valence-corrected chi connectivity index (χ2v) is 7.83. The number of aliphatic hydroxyl groups excluding tert-OH is 1. The zero-order valence-electron chi connectivity index (χ0n) is 17.0. The molecule has 1 aliphatic carbocycles. The van der Waals surface area contributed by atoms with E-state index in [1.165, 1.54) is 12.0 Å². The maximum absolute atomic E-state index is 13.0. The molecule has 3 aliphatic rings. The summed E-state index contributed by atoms with van der Waals surface area (Å²) in [5.41, 5.74) is 4.52. The van der Waals surface area contributed by atoms with Crippen LogP contribution in [0.3, 0.4) is 0 Å². The van der Waals surface area contributed by atoms with E-state index in [-0.39, 0.29) is 25.7 Å². The van der Waals surface area contributed by atoms with Crippen LogP contribution in [0.15, 0.2) is 48.5 Å². The van der Waals surface area contributed by atoms with Crippen LogP contribution in [0.4, 0.5) is 4.79 Å². The Morgan fingerprint density at radius 1 is 1.06 bits per heavy atom. The maximum atomic E-state index is 13.0. The molecule has 2 aliphatic heterocycles. The Kier molecular flexibility index (Phi) is 5.13. The third-order valence-electron chi connectivity index (χ3n) is 6.21. The van der Waals surface area contributed by atoms with E-state index in [1.807, 2.05) is 36.4 Å². The predicted molar refractivity (Wildman–Crippen MR) is 108 cm³/mol. The van der Waals surface area contributed by atoms with Crippen molar-refractivity contribution >= 4 is 12.1 Å². The Morgan fingerprint density at radius 3 is 2.32 bits per heavy atom. The van der Waals surface area contributed by atoms with Crippen LogP contribution in [-0.4, -0.2) is 73.5 Å². The van der Waals surface area contributed by atoms with Crippen molar-refractivity contribution in [1.29, 1.82) is 0 Å². The van der Waals surface area contributed by atoms with Gasteiger partial charge in [-0.25, -0.2) is 9.59 Å². The van der Waals surface area contributed by atoms with E-state index in [1.54, 1.807) is 0 Å². The molecule has 2 bridgehead atoms. The monoisotopic (exact) mass is 425 g/mol. The van der Waals surface area contributed by atoms with Gasteiger partial charge in [0.05, 0.1) is 20.3 Å². The second-order valence-electron chi connectivity index (χ2n) is 7.83. The standard InChI is InChI=1S/C23H23NO7/c1-28-21(26)20-19-10-24(18(11-25)22(30-19)31-20)23(27)29-12-17-15-8-4-2-6-13(15)14-7-3-5-9-16(14)17/h2-9,17-20,22,25H,10-12H2,1H3/t18-,19-,20+,22-/m0/s1. The van der Waals surface area contributed by atoms with Gasteiger partial charge in [0.1, 0.15) is 18.8 Å². The third kappa shape index (κ3) is 3.27. The number of hydrogen-bond donors (Lipinski definition) is 1. The number of fused-ring (bicyclic) bond motifs is 5. The fourth-order valence-electron chi connectivity index (χ4n) is 4.70. The molecule has 162 valence electrons. The average Bonchev–Trinajstić information content (AvgIpc) is 3.32. The van der Waals surface area contributed by atoms with Gasteiger partial charge in [0, 0.05) is 5.92 Å². The van der Waals surface area contributed by atoms with Gasteiger partial charge in [-0.2, -0.15) is 0 Å². The molecule has 1 amide bonds. The summed E-state index contributed by atoms with van der Waals surface area (Å²) in [5.74, 6) is -0.640. The minimum atomic E-state index is -0.935. The van der Waals surface area contributed by atoms with Gasteiger partial charge in [0.15, 0.2) is 12.4 Å². The molecule has 31 heavy (non-hydrogen) atoms. The van der Waals surface area contributed by atoms with E-state index in [0.717, 1.165) is 22.3 Å². The van der Waals surface area contributed by atoms with Gasteiger partial charge in [-0.1, -0.05) is 48.5 Å². The largest absolute Gasteiger partial charge is 0.467 e. The summed E-state index contributed by atoms with van der Waals surface area (Å²) in [6, 6.07) is 15.4. The summed E-state index contributed by atoms with van der Waals surface area (Å²) in [5, 5.41) is 9.83. The first-order valence-electron chi connectivity index (χ1n) is 10.2. The van der Waals surface area contributed by atoms with Crippen molar-refractivity contribution < 1.29 is 33.6 Å². The molecule has 0 radical (unpaired) electrons. The predicted octanol–water partition coefficient (Wildman–Crippen LogP) is 1.90. The van der Waals surface area contributed by atoms with Crippen LogP contribution in [0.5, 0.6) is 0 Å². The van der Waals surface area contributed by atoms with Crippen LogP contribution >= 0.6 is 0 Å². The van der Waals surface area contributed by atoms with E-state index in [0.29, 0.717) is 0 Å². The number of esters is 1. The molecular formula is C23H23NO7.